The largest absolute Gasteiger partial charge is 0.480 e. The smallest absolute Gasteiger partial charge is 0.326 e. The minimum atomic E-state index is -1.15. The number of carboxylic acids is 1. The standard InChI is InChI=1S/C16H31N7O5S/c1-9(17)13(25)23-10(4-3-6-20-16(18)19)14(26)21-8-12(24)22-11(15(27)28)5-7-29-2/h9-11H,3-8,17H2,1-2H3,(H,21,26)(H,22,24)(H,23,25)(H,27,28)(H4,18,19,20). The van der Waals surface area contributed by atoms with Crippen molar-refractivity contribution in [1.82, 2.24) is 16.0 Å². The maximum Gasteiger partial charge on any atom is 0.326 e. The van der Waals surface area contributed by atoms with Gasteiger partial charge in [0.2, 0.25) is 17.7 Å². The second-order valence-corrected chi connectivity index (χ2v) is 7.24. The molecule has 0 spiro atoms. The summed E-state index contributed by atoms with van der Waals surface area (Å²) >= 11 is 1.46. The summed E-state index contributed by atoms with van der Waals surface area (Å²) in [6.07, 6.45) is 2.70. The summed E-state index contributed by atoms with van der Waals surface area (Å²) in [5, 5.41) is 16.4. The fraction of sp³-hybridized carbons (Fsp3) is 0.688. The van der Waals surface area contributed by atoms with Crippen molar-refractivity contribution in [1.29, 1.82) is 0 Å². The highest BCUT2D eigenvalue weighted by molar-refractivity contribution is 7.98. The number of nitrogens with zero attached hydrogens (tertiary/aromatic N) is 1. The van der Waals surface area contributed by atoms with Gasteiger partial charge in [0.1, 0.15) is 12.1 Å². The van der Waals surface area contributed by atoms with Gasteiger partial charge in [0.25, 0.3) is 0 Å². The van der Waals surface area contributed by atoms with Crippen molar-refractivity contribution in [2.75, 3.05) is 25.1 Å². The predicted molar refractivity (Wildman–Crippen MR) is 111 cm³/mol. The van der Waals surface area contributed by atoms with Crippen LogP contribution in [0.3, 0.4) is 0 Å². The van der Waals surface area contributed by atoms with Crippen LogP contribution in [0.15, 0.2) is 4.99 Å². The Kier molecular flexibility index (Phi) is 13.2. The first-order chi connectivity index (χ1) is 13.6. The van der Waals surface area contributed by atoms with E-state index in [-0.39, 0.29) is 25.3 Å². The van der Waals surface area contributed by atoms with Gasteiger partial charge in [-0.15, -0.1) is 0 Å². The number of carboxylic acid groups (broad SMARTS) is 1. The van der Waals surface area contributed by atoms with Crippen molar-refractivity contribution in [3.8, 4) is 0 Å². The van der Waals surface area contributed by atoms with E-state index in [0.29, 0.717) is 12.2 Å². The average molecular weight is 434 g/mol. The number of nitrogens with one attached hydrogen (secondary N) is 3. The lowest BCUT2D eigenvalue weighted by Crippen LogP contribution is -2.53. The van der Waals surface area contributed by atoms with E-state index in [1.165, 1.54) is 18.7 Å². The molecule has 0 radical (unpaired) electrons. The zero-order chi connectivity index (χ0) is 22.4. The number of hydrogen-bond donors (Lipinski definition) is 7. The number of carbonyl (C=O) groups is 4. The highest BCUT2D eigenvalue weighted by atomic mass is 32.2. The van der Waals surface area contributed by atoms with Crippen LogP contribution in [-0.4, -0.2) is 78.0 Å². The molecule has 0 rings (SSSR count). The van der Waals surface area contributed by atoms with E-state index in [1.807, 2.05) is 6.26 Å². The normalized spacial score (nSPS) is 13.5. The van der Waals surface area contributed by atoms with Crippen LogP contribution in [0.1, 0.15) is 26.2 Å². The Balaban J connectivity index is 4.75. The van der Waals surface area contributed by atoms with Gasteiger partial charge >= 0.3 is 5.97 Å². The molecule has 0 saturated heterocycles. The molecule has 3 unspecified atom stereocenters. The molecule has 0 aliphatic rings. The predicted octanol–water partition coefficient (Wildman–Crippen LogP) is -2.69. The third-order valence-electron chi connectivity index (χ3n) is 3.66. The number of nitrogens with two attached hydrogens (primary N) is 3. The maximum atomic E-state index is 12.4. The molecule has 29 heavy (non-hydrogen) atoms. The Hall–Kier alpha value is -2.54. The summed E-state index contributed by atoms with van der Waals surface area (Å²) in [5.74, 6) is -2.46. The van der Waals surface area contributed by atoms with E-state index in [1.54, 1.807) is 0 Å². The van der Waals surface area contributed by atoms with Crippen molar-refractivity contribution in [2.24, 2.45) is 22.2 Å². The summed E-state index contributed by atoms with van der Waals surface area (Å²) in [6.45, 7) is 1.30. The van der Waals surface area contributed by atoms with Crippen LogP contribution in [0.25, 0.3) is 0 Å². The number of amides is 3. The molecule has 3 atom stereocenters. The first-order valence-electron chi connectivity index (χ1n) is 8.98. The van der Waals surface area contributed by atoms with Crippen LogP contribution in [0.4, 0.5) is 0 Å². The Morgan fingerprint density at radius 2 is 1.72 bits per heavy atom. The van der Waals surface area contributed by atoms with Crippen molar-refractivity contribution in [3.05, 3.63) is 0 Å². The lowest BCUT2D eigenvalue weighted by atomic mass is 10.1. The van der Waals surface area contributed by atoms with E-state index in [0.717, 1.165) is 0 Å². The minimum Gasteiger partial charge on any atom is -0.480 e. The molecular weight excluding hydrogens is 402 g/mol. The molecule has 13 heteroatoms. The van der Waals surface area contributed by atoms with Crippen LogP contribution < -0.4 is 33.2 Å². The summed E-state index contributed by atoms with van der Waals surface area (Å²) in [6, 6.07) is -2.80. The molecule has 0 aromatic heterocycles. The fourth-order valence-corrected chi connectivity index (χ4v) is 2.58. The third kappa shape index (κ3) is 12.5. The van der Waals surface area contributed by atoms with Crippen molar-refractivity contribution in [3.63, 3.8) is 0 Å². The molecule has 0 bridgehead atoms. The van der Waals surface area contributed by atoms with Gasteiger partial charge in [0, 0.05) is 6.54 Å². The quantitative estimate of drug-likeness (QED) is 0.0861. The summed E-state index contributed by atoms with van der Waals surface area (Å²) < 4.78 is 0. The van der Waals surface area contributed by atoms with Crippen LogP contribution in [-0.2, 0) is 19.2 Å². The minimum absolute atomic E-state index is 0.0863. The van der Waals surface area contributed by atoms with Crippen LogP contribution in [0.2, 0.25) is 0 Å². The molecule has 0 aliphatic carbocycles. The summed E-state index contributed by atoms with van der Waals surface area (Å²) in [5.41, 5.74) is 16.0. The zero-order valence-corrected chi connectivity index (χ0v) is 17.5. The van der Waals surface area contributed by atoms with Gasteiger partial charge in [-0.25, -0.2) is 4.79 Å². The van der Waals surface area contributed by atoms with Gasteiger partial charge in [-0.2, -0.15) is 11.8 Å². The first-order valence-corrected chi connectivity index (χ1v) is 10.4. The lowest BCUT2D eigenvalue weighted by molar-refractivity contribution is -0.141. The number of hydrogen-bond acceptors (Lipinski definition) is 7. The lowest BCUT2D eigenvalue weighted by Gasteiger charge is -2.20. The van der Waals surface area contributed by atoms with E-state index in [9.17, 15) is 19.2 Å². The Morgan fingerprint density at radius 3 is 2.24 bits per heavy atom. The van der Waals surface area contributed by atoms with Crippen LogP contribution in [0, 0.1) is 0 Å². The third-order valence-corrected chi connectivity index (χ3v) is 4.30. The van der Waals surface area contributed by atoms with Crippen LogP contribution >= 0.6 is 11.8 Å². The van der Waals surface area contributed by atoms with E-state index in [2.05, 4.69) is 20.9 Å². The summed E-state index contributed by atoms with van der Waals surface area (Å²) in [4.78, 5) is 51.1. The molecule has 12 nitrogen and oxygen atoms in total. The molecular formula is C16H31N7O5S. The van der Waals surface area contributed by atoms with Crippen molar-refractivity contribution < 1.29 is 24.3 Å². The number of rotatable bonds is 14. The molecule has 166 valence electrons. The second-order valence-electron chi connectivity index (χ2n) is 6.26. The monoisotopic (exact) mass is 433 g/mol. The van der Waals surface area contributed by atoms with Crippen molar-refractivity contribution in [2.45, 2.75) is 44.3 Å². The number of guanidine groups is 1. The van der Waals surface area contributed by atoms with Gasteiger partial charge in [0.15, 0.2) is 5.96 Å². The molecule has 10 N–H and O–H groups in total. The summed E-state index contributed by atoms with van der Waals surface area (Å²) in [7, 11) is 0. The van der Waals surface area contributed by atoms with E-state index in [4.69, 9.17) is 22.3 Å². The zero-order valence-electron chi connectivity index (χ0n) is 16.6. The Bertz CT molecular complexity index is 596. The molecule has 0 aromatic carbocycles. The van der Waals surface area contributed by atoms with Gasteiger partial charge in [0.05, 0.1) is 12.6 Å². The maximum absolute atomic E-state index is 12.4. The number of aliphatic imine (C=N–C) groups is 1. The van der Waals surface area contributed by atoms with E-state index < -0.39 is 48.4 Å². The molecule has 0 fully saturated rings. The topological polar surface area (TPSA) is 215 Å². The van der Waals surface area contributed by atoms with Crippen molar-refractivity contribution >= 4 is 41.4 Å². The number of carbonyl (C=O) groups excluding carboxylic acids is 3. The Morgan fingerprint density at radius 1 is 1.07 bits per heavy atom. The Labute approximate surface area is 173 Å². The van der Waals surface area contributed by atoms with Crippen LogP contribution in [0.5, 0.6) is 0 Å². The highest BCUT2D eigenvalue weighted by Gasteiger charge is 2.24. The molecule has 0 aliphatic heterocycles. The highest BCUT2D eigenvalue weighted by Crippen LogP contribution is 2.02. The molecule has 0 saturated carbocycles. The SMILES string of the molecule is CSCCC(NC(=O)CNC(=O)C(CCCN=C(N)N)NC(=O)C(C)N)C(=O)O. The number of thioether (sulfide) groups is 1. The van der Waals surface area contributed by atoms with Gasteiger partial charge in [-0.3, -0.25) is 19.4 Å². The van der Waals surface area contributed by atoms with E-state index >= 15 is 0 Å². The van der Waals surface area contributed by atoms with Gasteiger partial charge in [-0.05, 0) is 38.2 Å². The molecule has 0 aromatic rings. The fourth-order valence-electron chi connectivity index (χ4n) is 2.10. The first kappa shape index (κ1) is 26.5. The molecule has 3 amide bonds. The van der Waals surface area contributed by atoms with Gasteiger partial charge in [-0.1, -0.05) is 0 Å². The van der Waals surface area contributed by atoms with Gasteiger partial charge < -0.3 is 38.3 Å². The number of aliphatic carboxylic acids is 1. The average Bonchev–Trinajstić information content (AvgIpc) is 2.64. The second kappa shape index (κ2) is 14.5. The molecule has 0 heterocycles.